The number of aromatic carboxylic acids is 1. The highest BCUT2D eigenvalue weighted by Crippen LogP contribution is 2.33. The molecule has 0 aliphatic carbocycles. The van der Waals surface area contributed by atoms with Crippen LogP contribution in [0.2, 0.25) is 5.02 Å². The quantitative estimate of drug-likeness (QED) is 0.448. The van der Waals surface area contributed by atoms with Gasteiger partial charge in [0.1, 0.15) is 12.4 Å². The minimum Gasteiger partial charge on any atom is -0.493 e. The van der Waals surface area contributed by atoms with Crippen molar-refractivity contribution in [3.63, 3.8) is 0 Å². The first kappa shape index (κ1) is 22.5. The summed E-state index contributed by atoms with van der Waals surface area (Å²) >= 11 is 7.11. The van der Waals surface area contributed by atoms with Gasteiger partial charge in [-0.05, 0) is 71.9 Å². The molecule has 8 nitrogen and oxygen atoms in total. The van der Waals surface area contributed by atoms with Gasteiger partial charge in [0.05, 0.1) is 17.7 Å². The number of ether oxygens (including phenoxy) is 2. The van der Waals surface area contributed by atoms with Crippen LogP contribution in [-0.4, -0.2) is 29.3 Å². The van der Waals surface area contributed by atoms with Crippen LogP contribution in [0.5, 0.6) is 11.5 Å². The summed E-state index contributed by atoms with van der Waals surface area (Å²) < 4.78 is 16.3. The van der Waals surface area contributed by atoms with Crippen LogP contribution in [0.3, 0.4) is 0 Å². The van der Waals surface area contributed by atoms with E-state index in [0.29, 0.717) is 38.0 Å². The van der Waals surface area contributed by atoms with Gasteiger partial charge in [-0.2, -0.15) is 0 Å². The number of benzene rings is 2. The number of rotatable bonds is 7. The van der Waals surface area contributed by atoms with Crippen molar-refractivity contribution in [2.45, 2.75) is 6.61 Å². The lowest BCUT2D eigenvalue weighted by molar-refractivity contribution is -0.115. The fourth-order valence-electron chi connectivity index (χ4n) is 2.88. The Labute approximate surface area is 197 Å². The van der Waals surface area contributed by atoms with Crippen LogP contribution in [0.4, 0.5) is 5.69 Å². The first-order chi connectivity index (χ1) is 15.9. The largest absolute Gasteiger partial charge is 0.493 e. The van der Waals surface area contributed by atoms with Crippen molar-refractivity contribution < 1.29 is 28.6 Å². The van der Waals surface area contributed by atoms with Gasteiger partial charge in [-0.25, -0.2) is 9.79 Å². The predicted octanol–water partition coefficient (Wildman–Crippen LogP) is 5.11. The molecule has 4 rings (SSSR count). The van der Waals surface area contributed by atoms with Crippen LogP contribution in [0.15, 0.2) is 68.9 Å². The smallest absolute Gasteiger partial charge is 0.371 e. The number of carboxylic acid groups (broad SMARTS) is 1. The Kier molecular flexibility index (Phi) is 6.71. The van der Waals surface area contributed by atoms with E-state index < -0.39 is 5.97 Å². The van der Waals surface area contributed by atoms with Crippen molar-refractivity contribution in [2.24, 2.45) is 4.99 Å². The summed E-state index contributed by atoms with van der Waals surface area (Å²) in [5.41, 5.74) is 1.41. The highest BCUT2D eigenvalue weighted by atomic mass is 35.5. The summed E-state index contributed by atoms with van der Waals surface area (Å²) in [6, 6.07) is 15.1. The first-order valence-electron chi connectivity index (χ1n) is 9.59. The first-order valence-corrected chi connectivity index (χ1v) is 10.8. The van der Waals surface area contributed by atoms with E-state index >= 15 is 0 Å². The maximum Gasteiger partial charge on any atom is 0.371 e. The van der Waals surface area contributed by atoms with Crippen molar-refractivity contribution in [3.8, 4) is 11.5 Å². The molecule has 33 heavy (non-hydrogen) atoms. The van der Waals surface area contributed by atoms with Gasteiger partial charge in [0.15, 0.2) is 16.7 Å². The van der Waals surface area contributed by atoms with E-state index in [9.17, 15) is 9.59 Å². The average molecular weight is 485 g/mol. The SMILES string of the molecule is COc1cc(C=C2SC(=Nc3ccc(Cl)cc3)NC2=O)ccc1OCc1ccc(C(=O)O)o1. The Bertz CT molecular complexity index is 1270. The molecule has 1 amide bonds. The van der Waals surface area contributed by atoms with Crippen molar-refractivity contribution in [1.29, 1.82) is 0 Å². The molecular weight excluding hydrogens is 468 g/mol. The number of carbonyl (C=O) groups is 2. The van der Waals surface area contributed by atoms with E-state index in [0.717, 1.165) is 5.56 Å². The van der Waals surface area contributed by atoms with Crippen LogP contribution in [-0.2, 0) is 11.4 Å². The number of furan rings is 1. The van der Waals surface area contributed by atoms with Crippen LogP contribution in [0, 0.1) is 0 Å². The molecule has 1 saturated heterocycles. The molecule has 0 atom stereocenters. The summed E-state index contributed by atoms with van der Waals surface area (Å²) in [7, 11) is 1.50. The minimum absolute atomic E-state index is 0.0346. The number of methoxy groups -OCH3 is 1. The van der Waals surface area contributed by atoms with Gasteiger partial charge in [-0.3, -0.25) is 4.79 Å². The number of amides is 1. The zero-order valence-electron chi connectivity index (χ0n) is 17.2. The zero-order valence-corrected chi connectivity index (χ0v) is 18.8. The fourth-order valence-corrected chi connectivity index (χ4v) is 3.85. The molecule has 0 saturated carbocycles. The zero-order chi connectivity index (χ0) is 23.4. The highest BCUT2D eigenvalue weighted by Gasteiger charge is 2.24. The molecule has 1 aliphatic rings. The molecule has 10 heteroatoms. The predicted molar refractivity (Wildman–Crippen MR) is 125 cm³/mol. The van der Waals surface area contributed by atoms with Crippen LogP contribution < -0.4 is 14.8 Å². The highest BCUT2D eigenvalue weighted by molar-refractivity contribution is 8.18. The maximum absolute atomic E-state index is 12.4. The number of nitrogens with one attached hydrogen (secondary N) is 1. The molecule has 0 bridgehead atoms. The molecule has 1 fully saturated rings. The molecule has 1 aromatic heterocycles. The fraction of sp³-hybridized carbons (Fsp3) is 0.0870. The van der Waals surface area contributed by atoms with Crippen LogP contribution in [0.1, 0.15) is 21.9 Å². The molecule has 2 aromatic carbocycles. The molecule has 2 heterocycles. The summed E-state index contributed by atoms with van der Waals surface area (Å²) in [5, 5.41) is 12.8. The molecule has 2 N–H and O–H groups in total. The third-order valence-electron chi connectivity index (χ3n) is 4.44. The lowest BCUT2D eigenvalue weighted by Crippen LogP contribution is -2.19. The van der Waals surface area contributed by atoms with E-state index in [4.69, 9.17) is 30.6 Å². The Morgan fingerprint density at radius 2 is 1.97 bits per heavy atom. The lowest BCUT2D eigenvalue weighted by atomic mass is 10.2. The Morgan fingerprint density at radius 3 is 2.67 bits per heavy atom. The standard InChI is InChI=1S/C23H17ClN2O6S/c1-30-19-10-13(2-8-17(19)31-12-16-7-9-18(32-16)22(28)29)11-20-21(27)26-23(33-20)25-15-5-3-14(24)4-6-15/h2-11H,12H2,1H3,(H,28,29)(H,25,26,27). The maximum atomic E-state index is 12.4. The second-order valence-electron chi connectivity index (χ2n) is 6.73. The molecule has 3 aromatic rings. The molecule has 168 valence electrons. The van der Waals surface area contributed by atoms with E-state index in [2.05, 4.69) is 10.3 Å². The van der Waals surface area contributed by atoms with Gasteiger partial charge in [-0.15, -0.1) is 0 Å². The second-order valence-corrected chi connectivity index (χ2v) is 8.20. The summed E-state index contributed by atoms with van der Waals surface area (Å²) in [4.78, 5) is 28.2. The van der Waals surface area contributed by atoms with Gasteiger partial charge in [0.25, 0.3) is 5.91 Å². The Hall–Kier alpha value is -3.69. The van der Waals surface area contributed by atoms with Crippen LogP contribution >= 0.6 is 23.4 Å². The number of nitrogens with zero attached hydrogens (tertiary/aromatic N) is 1. The number of carbonyl (C=O) groups excluding carboxylic acids is 1. The second kappa shape index (κ2) is 9.85. The summed E-state index contributed by atoms with van der Waals surface area (Å²) in [6.07, 6.45) is 1.72. The van der Waals surface area contributed by atoms with E-state index in [1.165, 1.54) is 31.0 Å². The Morgan fingerprint density at radius 1 is 1.18 bits per heavy atom. The minimum atomic E-state index is -1.15. The van der Waals surface area contributed by atoms with Gasteiger partial charge >= 0.3 is 5.97 Å². The number of amidine groups is 1. The Balaban J connectivity index is 1.47. The number of hydrogen-bond acceptors (Lipinski definition) is 7. The number of thioether (sulfide) groups is 1. The third-order valence-corrected chi connectivity index (χ3v) is 5.60. The number of carboxylic acids is 1. The molecule has 0 spiro atoms. The van der Waals surface area contributed by atoms with Crippen molar-refractivity contribution in [1.82, 2.24) is 5.32 Å². The van der Waals surface area contributed by atoms with E-state index in [-0.39, 0.29) is 18.3 Å². The molecule has 0 unspecified atom stereocenters. The van der Waals surface area contributed by atoms with Gasteiger partial charge in [0, 0.05) is 5.02 Å². The normalized spacial score (nSPS) is 15.6. The van der Waals surface area contributed by atoms with Crippen LogP contribution in [0.25, 0.3) is 6.08 Å². The monoisotopic (exact) mass is 484 g/mol. The topological polar surface area (TPSA) is 110 Å². The summed E-state index contributed by atoms with van der Waals surface area (Å²) in [6.45, 7) is 0.0346. The molecule has 1 aliphatic heterocycles. The number of halogens is 1. The van der Waals surface area contributed by atoms with E-state index in [1.54, 1.807) is 48.5 Å². The third kappa shape index (κ3) is 5.57. The van der Waals surface area contributed by atoms with Crippen molar-refractivity contribution in [3.05, 3.63) is 81.6 Å². The van der Waals surface area contributed by atoms with Crippen molar-refractivity contribution >= 4 is 52.2 Å². The van der Waals surface area contributed by atoms with E-state index in [1.807, 2.05) is 0 Å². The van der Waals surface area contributed by atoms with Crippen molar-refractivity contribution in [2.75, 3.05) is 7.11 Å². The lowest BCUT2D eigenvalue weighted by Gasteiger charge is -2.10. The number of hydrogen-bond donors (Lipinski definition) is 2. The average Bonchev–Trinajstić information content (AvgIpc) is 3.41. The molecule has 0 radical (unpaired) electrons. The summed E-state index contributed by atoms with van der Waals surface area (Å²) in [5.74, 6) is -0.291. The molecular formula is C23H17ClN2O6S. The van der Waals surface area contributed by atoms with Gasteiger partial charge in [0.2, 0.25) is 5.76 Å². The van der Waals surface area contributed by atoms with Gasteiger partial charge in [-0.1, -0.05) is 17.7 Å². The van der Waals surface area contributed by atoms with Gasteiger partial charge < -0.3 is 24.3 Å². The number of aliphatic imine (C=N–C) groups is 1.